The molecule has 0 aliphatic heterocycles. The van der Waals surface area contributed by atoms with Gasteiger partial charge >= 0.3 is 0 Å². The highest BCUT2D eigenvalue weighted by molar-refractivity contribution is 6.08. The van der Waals surface area contributed by atoms with Gasteiger partial charge in [0.15, 0.2) is 0 Å². The van der Waals surface area contributed by atoms with Crippen LogP contribution >= 0.6 is 0 Å². The summed E-state index contributed by atoms with van der Waals surface area (Å²) in [5.74, 6) is 0. The molecule has 0 amide bonds. The number of rotatable bonds is 1. The number of furan rings is 1. The van der Waals surface area contributed by atoms with Crippen molar-refractivity contribution in [3.63, 3.8) is 0 Å². The number of benzene rings is 2. The van der Waals surface area contributed by atoms with Gasteiger partial charge in [-0.3, -0.25) is 4.98 Å². The van der Waals surface area contributed by atoms with Crippen LogP contribution in [-0.2, 0) is 0 Å². The first-order valence-corrected chi connectivity index (χ1v) is 6.40. The highest BCUT2D eigenvalue weighted by Gasteiger charge is 2.11. The van der Waals surface area contributed by atoms with Crippen molar-refractivity contribution < 1.29 is 8.53 Å². The predicted molar refractivity (Wildman–Crippen MR) is 81.7 cm³/mol. The maximum atomic E-state index is 7.45. The minimum absolute atomic E-state index is 0.325. The molecule has 2 heterocycles. The lowest BCUT2D eigenvalue weighted by Crippen LogP contribution is -1.81. The average Bonchev–Trinajstić information content (AvgIpc) is 2.93. The quantitative estimate of drug-likeness (QED) is 0.484. The molecule has 0 radical (unpaired) electrons. The Hall–Kier alpha value is -2.61. The molecule has 0 spiro atoms. The highest BCUT2D eigenvalue weighted by Crippen LogP contribution is 2.34. The van der Waals surface area contributed by atoms with E-state index in [-0.39, 0.29) is 0 Å². The number of para-hydroxylation sites is 1. The zero-order chi connectivity index (χ0) is 16.0. The van der Waals surface area contributed by atoms with Crippen LogP contribution in [0.1, 0.15) is 9.68 Å². The van der Waals surface area contributed by atoms with Crippen molar-refractivity contribution >= 4 is 21.9 Å². The number of hydrogen-bond acceptors (Lipinski definition) is 2. The Balaban J connectivity index is 1.92. The van der Waals surface area contributed by atoms with Gasteiger partial charge in [0.2, 0.25) is 0 Å². The molecule has 0 N–H and O–H groups in total. The van der Waals surface area contributed by atoms with E-state index in [4.69, 9.17) is 8.53 Å². The van der Waals surface area contributed by atoms with Crippen LogP contribution in [0, 0.1) is 6.85 Å². The van der Waals surface area contributed by atoms with Crippen molar-refractivity contribution in [3.05, 3.63) is 66.5 Å². The van der Waals surface area contributed by atoms with Crippen LogP contribution in [-0.4, -0.2) is 4.98 Å². The summed E-state index contributed by atoms with van der Waals surface area (Å²) < 4.78 is 28.3. The van der Waals surface area contributed by atoms with Crippen LogP contribution in [0.3, 0.4) is 0 Å². The number of aryl methyl sites for hydroxylation is 1. The van der Waals surface area contributed by atoms with Crippen LogP contribution in [0.2, 0.25) is 0 Å². The smallest absolute Gasteiger partial charge is 0.146 e. The normalized spacial score (nSPS) is 14.1. The van der Waals surface area contributed by atoms with Crippen LogP contribution in [0.5, 0.6) is 0 Å². The van der Waals surface area contributed by atoms with Crippen molar-refractivity contribution in [2.24, 2.45) is 0 Å². The van der Waals surface area contributed by atoms with E-state index in [1.807, 2.05) is 24.3 Å². The first-order chi connectivity index (χ1) is 11.0. The molecule has 20 heavy (non-hydrogen) atoms. The third kappa shape index (κ3) is 1.62. The molecular weight excluding hydrogens is 246 g/mol. The van der Waals surface area contributed by atoms with Crippen molar-refractivity contribution in [3.8, 4) is 11.1 Å². The van der Waals surface area contributed by atoms with Crippen molar-refractivity contribution in [2.45, 2.75) is 6.85 Å². The molecule has 0 fully saturated rings. The minimum Gasteiger partial charge on any atom is -0.455 e. The van der Waals surface area contributed by atoms with E-state index in [9.17, 15) is 0 Å². The Morgan fingerprint density at radius 3 is 2.65 bits per heavy atom. The fourth-order valence-corrected chi connectivity index (χ4v) is 2.49. The zero-order valence-corrected chi connectivity index (χ0v) is 10.6. The van der Waals surface area contributed by atoms with Gasteiger partial charge in [0, 0.05) is 32.8 Å². The van der Waals surface area contributed by atoms with Crippen LogP contribution in [0.4, 0.5) is 0 Å². The molecule has 2 aromatic carbocycles. The maximum absolute atomic E-state index is 7.45. The third-order valence-corrected chi connectivity index (χ3v) is 3.48. The summed E-state index contributed by atoms with van der Waals surface area (Å²) in [6.07, 6.45) is 3.54. The van der Waals surface area contributed by atoms with Gasteiger partial charge in [-0.25, -0.2) is 0 Å². The van der Waals surface area contributed by atoms with E-state index in [1.165, 1.54) is 0 Å². The second-order valence-corrected chi connectivity index (χ2v) is 4.74. The van der Waals surface area contributed by atoms with Crippen molar-refractivity contribution in [2.75, 3.05) is 0 Å². The van der Waals surface area contributed by atoms with Crippen molar-refractivity contribution in [1.29, 1.82) is 0 Å². The monoisotopic (exact) mass is 262 g/mol. The summed E-state index contributed by atoms with van der Waals surface area (Å²) >= 11 is 0. The van der Waals surface area contributed by atoms with Gasteiger partial charge in [-0.05, 0) is 18.5 Å². The van der Waals surface area contributed by atoms with Gasteiger partial charge in [-0.1, -0.05) is 48.0 Å². The Morgan fingerprint density at radius 1 is 0.950 bits per heavy atom. The summed E-state index contributed by atoms with van der Waals surface area (Å²) in [5, 5.41) is 1.98. The van der Waals surface area contributed by atoms with Gasteiger partial charge in [0.25, 0.3) is 0 Å². The Morgan fingerprint density at radius 2 is 1.80 bits per heavy atom. The van der Waals surface area contributed by atoms with Gasteiger partial charge in [0.1, 0.15) is 11.2 Å². The summed E-state index contributed by atoms with van der Waals surface area (Å²) in [5.41, 5.74) is 3.65. The Kier molecular flexibility index (Phi) is 1.79. The van der Waals surface area contributed by atoms with Crippen LogP contribution in [0.25, 0.3) is 33.1 Å². The van der Waals surface area contributed by atoms with Gasteiger partial charge in [-0.15, -0.1) is 0 Å². The Labute approximate surface area is 120 Å². The molecule has 0 aliphatic rings. The SMILES string of the molecule is [2H]C([2H])([2H])c1ccc(-c2cncc3c2oc2ccccc23)cc1. The molecule has 4 aromatic rings. The van der Waals surface area contributed by atoms with Crippen molar-refractivity contribution in [1.82, 2.24) is 4.98 Å². The number of hydrogen-bond donors (Lipinski definition) is 0. The fraction of sp³-hybridized carbons (Fsp3) is 0.0556. The number of fused-ring (bicyclic) bond motifs is 3. The van der Waals surface area contributed by atoms with Gasteiger partial charge in [0.05, 0.1) is 0 Å². The second kappa shape index (κ2) is 4.20. The average molecular weight is 262 g/mol. The molecule has 2 nitrogen and oxygen atoms in total. The zero-order valence-electron chi connectivity index (χ0n) is 13.6. The summed E-state index contributed by atoms with van der Waals surface area (Å²) in [6, 6.07) is 14.7. The molecule has 0 aliphatic carbocycles. The molecule has 0 saturated carbocycles. The molecule has 0 unspecified atom stereocenters. The highest BCUT2D eigenvalue weighted by atomic mass is 16.3. The van der Waals surface area contributed by atoms with E-state index in [0.717, 1.165) is 33.1 Å². The lowest BCUT2D eigenvalue weighted by Gasteiger charge is -2.02. The molecular formula is C18H13NO. The number of pyridine rings is 1. The molecule has 2 aromatic heterocycles. The molecule has 0 bridgehead atoms. The Bertz CT molecular complexity index is 1000. The number of nitrogens with zero attached hydrogens (tertiary/aromatic N) is 1. The second-order valence-electron chi connectivity index (χ2n) is 4.74. The summed E-state index contributed by atoms with van der Waals surface area (Å²) in [6.45, 7) is -2.10. The van der Waals surface area contributed by atoms with E-state index < -0.39 is 6.85 Å². The van der Waals surface area contributed by atoms with E-state index in [1.54, 1.807) is 36.7 Å². The molecule has 2 heteroatoms. The first kappa shape index (κ1) is 8.54. The third-order valence-electron chi connectivity index (χ3n) is 3.48. The lowest BCUT2D eigenvalue weighted by atomic mass is 10.0. The lowest BCUT2D eigenvalue weighted by molar-refractivity contribution is 0.669. The maximum Gasteiger partial charge on any atom is 0.146 e. The molecule has 4 rings (SSSR count). The van der Waals surface area contributed by atoms with Gasteiger partial charge in [-0.2, -0.15) is 0 Å². The summed E-state index contributed by atoms with van der Waals surface area (Å²) in [4.78, 5) is 4.31. The molecule has 0 atom stereocenters. The predicted octanol–water partition coefficient (Wildman–Crippen LogP) is 4.96. The van der Waals surface area contributed by atoms with Crippen LogP contribution < -0.4 is 0 Å². The van der Waals surface area contributed by atoms with Gasteiger partial charge < -0.3 is 4.42 Å². The largest absolute Gasteiger partial charge is 0.455 e. The molecule has 96 valence electrons. The summed E-state index contributed by atoms with van der Waals surface area (Å²) in [7, 11) is 0. The van der Waals surface area contributed by atoms with E-state index in [0.29, 0.717) is 5.56 Å². The minimum atomic E-state index is -2.10. The standard InChI is InChI=1S/C18H13NO/c1-12-6-8-13(9-7-12)15-10-19-11-16-14-4-2-3-5-17(14)20-18(15)16/h2-11H,1H3/i1D3. The van der Waals surface area contributed by atoms with Crippen LogP contribution in [0.15, 0.2) is 65.3 Å². The van der Waals surface area contributed by atoms with E-state index in [2.05, 4.69) is 4.98 Å². The molecule has 0 saturated heterocycles. The topological polar surface area (TPSA) is 26.0 Å². The number of aromatic nitrogens is 1. The fourth-order valence-electron chi connectivity index (χ4n) is 2.49. The van der Waals surface area contributed by atoms with E-state index >= 15 is 0 Å². The first-order valence-electron chi connectivity index (χ1n) is 7.90.